The SMILES string of the molecule is CCCC(C(=O)NC(C)C(=O)CF)c1ccnn(Cc2ccc3ccccc3c2)c1=O. The van der Waals surface area contributed by atoms with Crippen LogP contribution in [0.3, 0.4) is 0 Å². The molecule has 1 amide bonds. The van der Waals surface area contributed by atoms with Crippen molar-refractivity contribution in [1.29, 1.82) is 0 Å². The van der Waals surface area contributed by atoms with Gasteiger partial charge in [0.05, 0.1) is 18.5 Å². The minimum absolute atomic E-state index is 0.273. The molecular weight excluding hydrogens is 397 g/mol. The first-order chi connectivity index (χ1) is 14.9. The molecule has 7 heteroatoms. The van der Waals surface area contributed by atoms with Gasteiger partial charge in [-0.25, -0.2) is 9.07 Å². The van der Waals surface area contributed by atoms with Crippen LogP contribution in [0.5, 0.6) is 0 Å². The van der Waals surface area contributed by atoms with E-state index in [0.717, 1.165) is 16.3 Å². The third-order valence-electron chi connectivity index (χ3n) is 5.33. The Labute approximate surface area is 180 Å². The molecule has 0 aliphatic rings. The maximum atomic E-state index is 13.1. The third kappa shape index (κ3) is 5.23. The number of fused-ring (bicyclic) bond motifs is 1. The lowest BCUT2D eigenvalue weighted by Crippen LogP contribution is -2.43. The summed E-state index contributed by atoms with van der Waals surface area (Å²) in [4.78, 5) is 37.4. The number of ketones is 1. The Hall–Kier alpha value is -3.35. The van der Waals surface area contributed by atoms with Gasteiger partial charge in [-0.15, -0.1) is 0 Å². The van der Waals surface area contributed by atoms with Gasteiger partial charge in [0.25, 0.3) is 5.56 Å². The summed E-state index contributed by atoms with van der Waals surface area (Å²) >= 11 is 0. The molecule has 0 saturated heterocycles. The van der Waals surface area contributed by atoms with Gasteiger partial charge in [0.2, 0.25) is 5.91 Å². The Morgan fingerprint density at radius 1 is 1.13 bits per heavy atom. The van der Waals surface area contributed by atoms with Gasteiger partial charge >= 0.3 is 0 Å². The molecule has 1 aromatic heterocycles. The maximum absolute atomic E-state index is 13.1. The van der Waals surface area contributed by atoms with E-state index in [-0.39, 0.29) is 12.1 Å². The third-order valence-corrected chi connectivity index (χ3v) is 5.33. The molecule has 31 heavy (non-hydrogen) atoms. The van der Waals surface area contributed by atoms with Crippen molar-refractivity contribution in [3.8, 4) is 0 Å². The molecule has 2 unspecified atom stereocenters. The number of carbonyl (C=O) groups excluding carboxylic acids is 2. The van der Waals surface area contributed by atoms with Gasteiger partial charge in [-0.1, -0.05) is 49.7 Å². The highest BCUT2D eigenvalue weighted by Crippen LogP contribution is 2.19. The fourth-order valence-corrected chi connectivity index (χ4v) is 3.58. The molecule has 0 saturated carbocycles. The molecule has 0 spiro atoms. The molecule has 2 atom stereocenters. The number of hydrogen-bond acceptors (Lipinski definition) is 4. The second-order valence-corrected chi connectivity index (χ2v) is 7.60. The number of hydrogen-bond donors (Lipinski definition) is 1. The standard InChI is InChI=1S/C24H26FN3O3/c1-3-6-20(23(30)27-16(2)22(29)14-25)21-11-12-26-28(24(21)31)15-17-9-10-18-7-4-5-8-19(18)13-17/h4-5,7-13,16,20H,3,6,14-15H2,1-2H3,(H,27,30). The summed E-state index contributed by atoms with van der Waals surface area (Å²) in [7, 11) is 0. The van der Waals surface area contributed by atoms with E-state index in [1.165, 1.54) is 17.8 Å². The van der Waals surface area contributed by atoms with E-state index < -0.39 is 30.3 Å². The van der Waals surface area contributed by atoms with Crippen molar-refractivity contribution in [1.82, 2.24) is 15.1 Å². The van der Waals surface area contributed by atoms with Crippen LogP contribution < -0.4 is 10.9 Å². The molecule has 162 valence electrons. The summed E-state index contributed by atoms with van der Waals surface area (Å²) in [6, 6.07) is 14.5. The van der Waals surface area contributed by atoms with Gasteiger partial charge in [-0.3, -0.25) is 14.4 Å². The summed E-state index contributed by atoms with van der Waals surface area (Å²) in [5.74, 6) is -1.90. The lowest BCUT2D eigenvalue weighted by atomic mass is 9.94. The van der Waals surface area contributed by atoms with Gasteiger partial charge in [-0.2, -0.15) is 5.10 Å². The number of amides is 1. The van der Waals surface area contributed by atoms with E-state index in [1.807, 2.05) is 49.4 Å². The van der Waals surface area contributed by atoms with E-state index in [1.54, 1.807) is 6.07 Å². The van der Waals surface area contributed by atoms with Crippen LogP contribution in [-0.4, -0.2) is 34.2 Å². The van der Waals surface area contributed by atoms with Crippen LogP contribution in [0.1, 0.15) is 43.7 Å². The molecule has 0 bridgehead atoms. The minimum Gasteiger partial charge on any atom is -0.346 e. The van der Waals surface area contributed by atoms with Crippen LogP contribution in [0.2, 0.25) is 0 Å². The predicted molar refractivity (Wildman–Crippen MR) is 118 cm³/mol. The molecule has 3 rings (SSSR count). The number of nitrogens with one attached hydrogen (secondary N) is 1. The van der Waals surface area contributed by atoms with E-state index in [4.69, 9.17) is 0 Å². The summed E-state index contributed by atoms with van der Waals surface area (Å²) in [6.45, 7) is 2.47. The predicted octanol–water partition coefficient (Wildman–Crippen LogP) is 3.37. The number of halogens is 1. The maximum Gasteiger partial charge on any atom is 0.271 e. The van der Waals surface area contributed by atoms with Gasteiger partial charge in [-0.05, 0) is 41.8 Å². The fourth-order valence-electron chi connectivity index (χ4n) is 3.58. The highest BCUT2D eigenvalue weighted by Gasteiger charge is 2.26. The zero-order chi connectivity index (χ0) is 22.4. The van der Waals surface area contributed by atoms with Crippen molar-refractivity contribution >= 4 is 22.5 Å². The Morgan fingerprint density at radius 3 is 2.58 bits per heavy atom. The summed E-state index contributed by atoms with van der Waals surface area (Å²) in [5.41, 5.74) is 0.882. The molecule has 1 N–H and O–H groups in total. The Bertz CT molecular complexity index is 1140. The van der Waals surface area contributed by atoms with E-state index in [2.05, 4.69) is 10.4 Å². The second kappa shape index (κ2) is 10.1. The number of Topliss-reactive ketones (excluding diaryl/α,β-unsaturated/α-hetero) is 1. The van der Waals surface area contributed by atoms with Crippen molar-refractivity contribution in [2.45, 2.75) is 45.2 Å². The summed E-state index contributed by atoms with van der Waals surface area (Å²) in [6.07, 6.45) is 2.59. The van der Waals surface area contributed by atoms with Crippen molar-refractivity contribution in [2.24, 2.45) is 0 Å². The number of aromatic nitrogens is 2. The van der Waals surface area contributed by atoms with Gasteiger partial charge in [0.15, 0.2) is 5.78 Å². The van der Waals surface area contributed by atoms with E-state index >= 15 is 0 Å². The first-order valence-electron chi connectivity index (χ1n) is 10.4. The number of carbonyl (C=O) groups is 2. The molecular formula is C24H26FN3O3. The Kier molecular flexibility index (Phi) is 7.28. The first kappa shape index (κ1) is 22.3. The van der Waals surface area contributed by atoms with Crippen LogP contribution in [0.4, 0.5) is 4.39 Å². The van der Waals surface area contributed by atoms with Crippen LogP contribution >= 0.6 is 0 Å². The molecule has 3 aromatic rings. The lowest BCUT2D eigenvalue weighted by molar-refractivity contribution is -0.128. The molecule has 2 aromatic carbocycles. The first-order valence-corrected chi connectivity index (χ1v) is 10.4. The normalized spacial score (nSPS) is 13.0. The molecule has 6 nitrogen and oxygen atoms in total. The Balaban J connectivity index is 1.88. The monoisotopic (exact) mass is 423 g/mol. The topological polar surface area (TPSA) is 81.1 Å². The zero-order valence-electron chi connectivity index (χ0n) is 17.7. The second-order valence-electron chi connectivity index (χ2n) is 7.60. The van der Waals surface area contributed by atoms with Crippen LogP contribution in [0, 0.1) is 0 Å². The highest BCUT2D eigenvalue weighted by molar-refractivity contribution is 5.91. The van der Waals surface area contributed by atoms with Gasteiger partial charge < -0.3 is 5.32 Å². The quantitative estimate of drug-likeness (QED) is 0.572. The van der Waals surface area contributed by atoms with Gasteiger partial charge in [0.1, 0.15) is 6.67 Å². The van der Waals surface area contributed by atoms with Crippen molar-refractivity contribution < 1.29 is 14.0 Å². The van der Waals surface area contributed by atoms with Crippen molar-refractivity contribution in [2.75, 3.05) is 6.67 Å². The number of rotatable bonds is 9. The van der Waals surface area contributed by atoms with E-state index in [0.29, 0.717) is 18.4 Å². The number of alkyl halides is 1. The van der Waals surface area contributed by atoms with E-state index in [9.17, 15) is 18.8 Å². The largest absolute Gasteiger partial charge is 0.346 e. The molecule has 0 radical (unpaired) electrons. The van der Waals surface area contributed by atoms with Gasteiger partial charge in [0, 0.05) is 11.8 Å². The van der Waals surface area contributed by atoms with Crippen molar-refractivity contribution in [3.05, 3.63) is 76.2 Å². The van der Waals surface area contributed by atoms with Crippen LogP contribution in [0.15, 0.2) is 59.5 Å². The molecule has 1 heterocycles. The highest BCUT2D eigenvalue weighted by atomic mass is 19.1. The van der Waals surface area contributed by atoms with Crippen LogP contribution in [0.25, 0.3) is 10.8 Å². The molecule has 0 aliphatic heterocycles. The smallest absolute Gasteiger partial charge is 0.271 e. The number of nitrogens with zero attached hydrogens (tertiary/aromatic N) is 2. The molecule has 0 fully saturated rings. The average Bonchev–Trinajstić information content (AvgIpc) is 2.78. The lowest BCUT2D eigenvalue weighted by Gasteiger charge is -2.19. The van der Waals surface area contributed by atoms with Crippen LogP contribution in [-0.2, 0) is 16.1 Å². The zero-order valence-corrected chi connectivity index (χ0v) is 17.7. The summed E-state index contributed by atoms with van der Waals surface area (Å²) in [5, 5.41) is 8.90. The minimum atomic E-state index is -1.15. The number of benzene rings is 2. The Morgan fingerprint density at radius 2 is 1.87 bits per heavy atom. The average molecular weight is 423 g/mol. The summed E-state index contributed by atoms with van der Waals surface area (Å²) < 4.78 is 14.0. The van der Waals surface area contributed by atoms with Crippen molar-refractivity contribution in [3.63, 3.8) is 0 Å². The molecule has 0 aliphatic carbocycles. The fraction of sp³-hybridized carbons (Fsp3) is 0.333.